The zero-order chi connectivity index (χ0) is 19.4. The molecule has 7 heteroatoms. The minimum absolute atomic E-state index is 0.186. The van der Waals surface area contributed by atoms with E-state index >= 15 is 0 Å². The third-order valence-electron chi connectivity index (χ3n) is 4.05. The molecule has 2 aromatic carbocycles. The smallest absolute Gasteiger partial charge is 0.237 e. The predicted molar refractivity (Wildman–Crippen MR) is 113 cm³/mol. The van der Waals surface area contributed by atoms with Crippen LogP contribution < -0.4 is 5.32 Å². The van der Waals surface area contributed by atoms with Gasteiger partial charge in [0.25, 0.3) is 0 Å². The van der Waals surface area contributed by atoms with Crippen LogP contribution in [0.5, 0.6) is 0 Å². The number of benzene rings is 2. The Hall–Kier alpha value is -1.95. The molecule has 0 saturated carbocycles. The van der Waals surface area contributed by atoms with Gasteiger partial charge in [-0.2, -0.15) is 0 Å². The molecule has 0 aliphatic carbocycles. The highest BCUT2D eigenvalue weighted by molar-refractivity contribution is 8.00. The topological polar surface area (TPSA) is 57.8 Å². The highest BCUT2D eigenvalue weighted by Gasteiger charge is 2.19. The van der Waals surface area contributed by atoms with Crippen molar-refractivity contribution in [1.29, 1.82) is 0 Å². The number of anilines is 1. The van der Waals surface area contributed by atoms with Crippen LogP contribution in [0, 0.1) is 6.92 Å². The second kappa shape index (κ2) is 8.83. The van der Waals surface area contributed by atoms with Crippen LogP contribution in [0.1, 0.15) is 23.9 Å². The number of aromatic amines is 1. The van der Waals surface area contributed by atoms with Gasteiger partial charge in [-0.05, 0) is 31.5 Å². The Kier molecular flexibility index (Phi) is 6.47. The van der Waals surface area contributed by atoms with Crippen molar-refractivity contribution in [2.45, 2.75) is 30.7 Å². The fourth-order valence-corrected chi connectivity index (χ4v) is 3.91. The van der Waals surface area contributed by atoms with Gasteiger partial charge >= 0.3 is 0 Å². The fraction of sp³-hybridized carbons (Fsp3) is 0.200. The Morgan fingerprint density at radius 2 is 1.81 bits per heavy atom. The average molecular weight is 420 g/mol. The molecule has 0 saturated heterocycles. The standard InChI is InChI=1S/C20H19Cl2N3OS/c1-12-17(11-14-7-4-3-5-8-14)24-20(23-12)27-13(2)19(26)25-18-15(21)9-6-10-16(18)22/h3-10,13H,11H2,1-2H3,(H,23,24)(H,25,26). The Balaban J connectivity index is 1.66. The molecule has 140 valence electrons. The number of carbonyl (C=O) groups is 1. The molecule has 1 unspecified atom stereocenters. The third-order valence-corrected chi connectivity index (χ3v) is 5.66. The van der Waals surface area contributed by atoms with Gasteiger partial charge in [-0.25, -0.2) is 4.98 Å². The summed E-state index contributed by atoms with van der Waals surface area (Å²) >= 11 is 13.6. The molecule has 1 amide bonds. The van der Waals surface area contributed by atoms with Crippen LogP contribution in [0.2, 0.25) is 10.0 Å². The van der Waals surface area contributed by atoms with Gasteiger partial charge in [0.05, 0.1) is 26.7 Å². The van der Waals surface area contributed by atoms with E-state index in [9.17, 15) is 4.79 Å². The number of aryl methyl sites for hydroxylation is 1. The summed E-state index contributed by atoms with van der Waals surface area (Å²) in [4.78, 5) is 20.4. The number of carbonyl (C=O) groups excluding carboxylic acids is 1. The van der Waals surface area contributed by atoms with Crippen molar-refractivity contribution in [3.8, 4) is 0 Å². The summed E-state index contributed by atoms with van der Waals surface area (Å²) in [5.41, 5.74) is 3.61. The molecule has 2 N–H and O–H groups in total. The number of thioether (sulfide) groups is 1. The summed E-state index contributed by atoms with van der Waals surface area (Å²) in [5, 5.41) is 3.96. The second-order valence-corrected chi connectivity index (χ2v) is 8.27. The van der Waals surface area contributed by atoms with E-state index in [0.29, 0.717) is 20.9 Å². The largest absolute Gasteiger partial charge is 0.337 e. The predicted octanol–water partition coefficient (Wildman–Crippen LogP) is 5.74. The van der Waals surface area contributed by atoms with Crippen molar-refractivity contribution in [3.05, 3.63) is 75.5 Å². The Bertz CT molecular complexity index is 923. The van der Waals surface area contributed by atoms with E-state index in [1.165, 1.54) is 17.3 Å². The molecule has 3 rings (SSSR count). The first kappa shape index (κ1) is 19.8. The number of H-pyrrole nitrogens is 1. The molecule has 27 heavy (non-hydrogen) atoms. The first-order valence-corrected chi connectivity index (χ1v) is 10.1. The lowest BCUT2D eigenvalue weighted by molar-refractivity contribution is -0.115. The van der Waals surface area contributed by atoms with Gasteiger partial charge in [-0.15, -0.1) is 0 Å². The molecule has 0 aliphatic rings. The lowest BCUT2D eigenvalue weighted by Crippen LogP contribution is -2.22. The number of hydrogen-bond donors (Lipinski definition) is 2. The van der Waals surface area contributed by atoms with E-state index in [2.05, 4.69) is 27.4 Å². The second-order valence-electron chi connectivity index (χ2n) is 6.12. The highest BCUT2D eigenvalue weighted by Crippen LogP contribution is 2.31. The van der Waals surface area contributed by atoms with E-state index in [-0.39, 0.29) is 11.2 Å². The Morgan fingerprint density at radius 3 is 2.48 bits per heavy atom. The van der Waals surface area contributed by atoms with Gasteiger partial charge in [-0.3, -0.25) is 4.79 Å². The summed E-state index contributed by atoms with van der Waals surface area (Å²) in [5.74, 6) is -0.186. The number of nitrogens with one attached hydrogen (secondary N) is 2. The number of rotatable bonds is 6. The zero-order valence-corrected chi connectivity index (χ0v) is 17.3. The van der Waals surface area contributed by atoms with Gasteiger partial charge < -0.3 is 10.3 Å². The molecular formula is C20H19Cl2N3OS. The number of amides is 1. The van der Waals surface area contributed by atoms with Gasteiger partial charge in [0.15, 0.2) is 5.16 Å². The first-order chi connectivity index (χ1) is 12.9. The average Bonchev–Trinajstić information content (AvgIpc) is 2.98. The summed E-state index contributed by atoms with van der Waals surface area (Å²) < 4.78 is 0. The number of imidazole rings is 1. The number of hydrogen-bond acceptors (Lipinski definition) is 3. The minimum Gasteiger partial charge on any atom is -0.337 e. The molecule has 4 nitrogen and oxygen atoms in total. The SMILES string of the molecule is Cc1[nH]c(SC(C)C(=O)Nc2c(Cl)cccc2Cl)nc1Cc1ccccc1. The molecule has 0 bridgehead atoms. The molecule has 1 aromatic heterocycles. The van der Waals surface area contributed by atoms with Crippen LogP contribution in [0.3, 0.4) is 0 Å². The molecule has 1 heterocycles. The highest BCUT2D eigenvalue weighted by atomic mass is 35.5. The van der Waals surface area contributed by atoms with Crippen molar-refractivity contribution >= 4 is 46.6 Å². The third kappa shape index (κ3) is 5.06. The van der Waals surface area contributed by atoms with Crippen molar-refractivity contribution in [1.82, 2.24) is 9.97 Å². The van der Waals surface area contributed by atoms with Gasteiger partial charge in [0, 0.05) is 12.1 Å². The van der Waals surface area contributed by atoms with E-state index in [4.69, 9.17) is 23.2 Å². The van der Waals surface area contributed by atoms with Crippen LogP contribution >= 0.6 is 35.0 Å². The van der Waals surface area contributed by atoms with E-state index in [1.54, 1.807) is 18.2 Å². The zero-order valence-electron chi connectivity index (χ0n) is 14.9. The maximum Gasteiger partial charge on any atom is 0.237 e. The molecule has 3 aromatic rings. The number of para-hydroxylation sites is 1. The van der Waals surface area contributed by atoms with Gasteiger partial charge in [0.2, 0.25) is 5.91 Å². The van der Waals surface area contributed by atoms with Crippen LogP contribution in [-0.4, -0.2) is 21.1 Å². The number of halogens is 2. The van der Waals surface area contributed by atoms with Gasteiger partial charge in [-0.1, -0.05) is 71.4 Å². The molecule has 0 radical (unpaired) electrons. The monoisotopic (exact) mass is 419 g/mol. The maximum atomic E-state index is 12.5. The quantitative estimate of drug-likeness (QED) is 0.501. The summed E-state index contributed by atoms with van der Waals surface area (Å²) in [7, 11) is 0. The summed E-state index contributed by atoms with van der Waals surface area (Å²) in [6.45, 7) is 3.81. The van der Waals surface area contributed by atoms with Crippen molar-refractivity contribution in [2.75, 3.05) is 5.32 Å². The molecule has 1 atom stereocenters. The van der Waals surface area contributed by atoms with E-state index in [1.807, 2.05) is 32.0 Å². The number of aromatic nitrogens is 2. The molecule has 0 fully saturated rings. The van der Waals surface area contributed by atoms with Crippen LogP contribution in [-0.2, 0) is 11.2 Å². The Labute approximate surface area is 172 Å². The van der Waals surface area contributed by atoms with Crippen LogP contribution in [0.25, 0.3) is 0 Å². The molecular weight excluding hydrogens is 401 g/mol. The van der Waals surface area contributed by atoms with Crippen molar-refractivity contribution in [3.63, 3.8) is 0 Å². The van der Waals surface area contributed by atoms with Crippen LogP contribution in [0.4, 0.5) is 5.69 Å². The number of nitrogens with zero attached hydrogens (tertiary/aromatic N) is 1. The van der Waals surface area contributed by atoms with Crippen LogP contribution in [0.15, 0.2) is 53.7 Å². The normalized spacial score (nSPS) is 12.0. The maximum absolute atomic E-state index is 12.5. The first-order valence-electron chi connectivity index (χ1n) is 8.45. The molecule has 0 aliphatic heterocycles. The van der Waals surface area contributed by atoms with Crippen molar-refractivity contribution in [2.24, 2.45) is 0 Å². The summed E-state index contributed by atoms with van der Waals surface area (Å²) in [6.07, 6.45) is 0.750. The van der Waals surface area contributed by atoms with Gasteiger partial charge in [0.1, 0.15) is 0 Å². The van der Waals surface area contributed by atoms with E-state index in [0.717, 1.165) is 17.8 Å². The fourth-order valence-electron chi connectivity index (χ4n) is 2.55. The molecule has 0 spiro atoms. The minimum atomic E-state index is -0.368. The Morgan fingerprint density at radius 1 is 1.15 bits per heavy atom. The van der Waals surface area contributed by atoms with E-state index < -0.39 is 0 Å². The summed E-state index contributed by atoms with van der Waals surface area (Å²) in [6, 6.07) is 15.3. The van der Waals surface area contributed by atoms with Crippen molar-refractivity contribution < 1.29 is 4.79 Å². The lowest BCUT2D eigenvalue weighted by Gasteiger charge is -2.12. The lowest BCUT2D eigenvalue weighted by atomic mass is 10.1.